The summed E-state index contributed by atoms with van der Waals surface area (Å²) < 4.78 is 0. The summed E-state index contributed by atoms with van der Waals surface area (Å²) in [5.41, 5.74) is 10.2. The molecule has 78 valence electrons. The van der Waals surface area contributed by atoms with Crippen LogP contribution in [0.2, 0.25) is 0 Å². The normalized spacial score (nSPS) is 11.2. The van der Waals surface area contributed by atoms with Crippen LogP contribution in [0.3, 0.4) is 0 Å². The third-order valence-electron chi connectivity index (χ3n) is 1.32. The third kappa shape index (κ3) is 9.24. The first kappa shape index (κ1) is 14.8. The minimum atomic E-state index is -1.00. The monoisotopic (exact) mass is 276 g/mol. The van der Waals surface area contributed by atoms with Crippen LogP contribution < -0.4 is 16.8 Å². The van der Waals surface area contributed by atoms with E-state index in [1.54, 1.807) is 0 Å². The molecule has 0 rings (SSSR count). The second-order valence-corrected chi connectivity index (χ2v) is 2.43. The molecule has 0 saturated heterocycles. The Kier molecular flexibility index (Phi) is 9.06. The van der Waals surface area contributed by atoms with E-state index >= 15 is 0 Å². The largest absolute Gasteiger partial charge is 0.480 e. The van der Waals surface area contributed by atoms with Crippen molar-refractivity contribution < 1.29 is 29.4 Å². The molecule has 0 aromatic heterocycles. The van der Waals surface area contributed by atoms with Gasteiger partial charge in [-0.3, -0.25) is 10.2 Å². The van der Waals surface area contributed by atoms with Crippen LogP contribution in [0.25, 0.3) is 0 Å². The standard InChI is InChI=1S/C6H14N4O2.Ru/c7-4(5(11)12)2-1-3-10-6(8)9;/h4H,1-3,7H2,(H,11,12)(H4,8,9,10);/t4-;/m0./s1. The zero-order valence-corrected chi connectivity index (χ0v) is 8.80. The van der Waals surface area contributed by atoms with Gasteiger partial charge in [0.2, 0.25) is 0 Å². The van der Waals surface area contributed by atoms with Crippen LogP contribution in [0, 0.1) is 5.41 Å². The van der Waals surface area contributed by atoms with Gasteiger partial charge < -0.3 is 21.9 Å². The molecule has 6 nitrogen and oxygen atoms in total. The van der Waals surface area contributed by atoms with Crippen LogP contribution in [-0.2, 0) is 24.3 Å². The zero-order chi connectivity index (χ0) is 9.56. The smallest absolute Gasteiger partial charge is 0.320 e. The molecule has 0 amide bonds. The van der Waals surface area contributed by atoms with Crippen molar-refractivity contribution in [3.05, 3.63) is 0 Å². The minimum absolute atomic E-state index is 0. The molecular formula is C6H14N4O2Ru. The molecule has 0 unspecified atom stereocenters. The number of carboxylic acids is 1. The molecule has 0 aliphatic carbocycles. The van der Waals surface area contributed by atoms with Gasteiger partial charge in [-0.25, -0.2) is 0 Å². The summed E-state index contributed by atoms with van der Waals surface area (Å²) in [6.07, 6.45) is 0.975. The number of aliphatic carboxylic acids is 1. The Morgan fingerprint density at radius 1 is 1.62 bits per heavy atom. The van der Waals surface area contributed by atoms with Gasteiger partial charge in [0.1, 0.15) is 6.04 Å². The fourth-order valence-electron chi connectivity index (χ4n) is 0.669. The predicted octanol–water partition coefficient (Wildman–Crippen LogP) is -1.34. The minimum Gasteiger partial charge on any atom is -0.480 e. The van der Waals surface area contributed by atoms with E-state index in [2.05, 4.69) is 5.32 Å². The summed E-state index contributed by atoms with van der Waals surface area (Å²) in [5.74, 6) is -1.11. The molecule has 0 spiro atoms. The average molecular weight is 275 g/mol. The number of nitrogens with two attached hydrogens (primary N) is 2. The third-order valence-corrected chi connectivity index (χ3v) is 1.32. The van der Waals surface area contributed by atoms with Crippen LogP contribution in [0.15, 0.2) is 0 Å². The van der Waals surface area contributed by atoms with E-state index in [-0.39, 0.29) is 25.4 Å². The second-order valence-electron chi connectivity index (χ2n) is 2.43. The number of carbonyl (C=O) groups is 1. The van der Waals surface area contributed by atoms with Crippen LogP contribution >= 0.6 is 0 Å². The van der Waals surface area contributed by atoms with Crippen molar-refractivity contribution in [2.75, 3.05) is 6.54 Å². The first-order chi connectivity index (χ1) is 5.54. The van der Waals surface area contributed by atoms with Gasteiger partial charge in [-0.1, -0.05) is 0 Å². The van der Waals surface area contributed by atoms with Gasteiger partial charge in [0.05, 0.1) is 0 Å². The van der Waals surface area contributed by atoms with Crippen molar-refractivity contribution in [2.45, 2.75) is 18.9 Å². The molecule has 0 aromatic carbocycles. The molecule has 0 bridgehead atoms. The van der Waals surface area contributed by atoms with Gasteiger partial charge in [0, 0.05) is 26.0 Å². The summed E-state index contributed by atoms with van der Waals surface area (Å²) >= 11 is 0. The molecule has 1 atom stereocenters. The van der Waals surface area contributed by atoms with Gasteiger partial charge in [0.25, 0.3) is 0 Å². The average Bonchev–Trinajstić information content (AvgIpc) is 1.97. The van der Waals surface area contributed by atoms with Crippen LogP contribution in [0.4, 0.5) is 0 Å². The van der Waals surface area contributed by atoms with Gasteiger partial charge >= 0.3 is 5.97 Å². The molecule has 0 aliphatic rings. The van der Waals surface area contributed by atoms with Crippen LogP contribution in [-0.4, -0.2) is 29.6 Å². The van der Waals surface area contributed by atoms with Gasteiger partial charge in [-0.15, -0.1) is 0 Å². The Morgan fingerprint density at radius 2 is 2.15 bits per heavy atom. The van der Waals surface area contributed by atoms with Crippen molar-refractivity contribution in [1.82, 2.24) is 5.32 Å². The summed E-state index contributed by atoms with van der Waals surface area (Å²) in [6, 6.07) is -0.821. The second kappa shape index (κ2) is 7.95. The number of nitrogens with one attached hydrogen (secondary N) is 2. The molecule has 13 heavy (non-hydrogen) atoms. The molecule has 0 saturated carbocycles. The van der Waals surface area contributed by atoms with Crippen molar-refractivity contribution in [3.63, 3.8) is 0 Å². The Labute approximate surface area is 89.3 Å². The summed E-state index contributed by atoms with van der Waals surface area (Å²) in [4.78, 5) is 10.2. The van der Waals surface area contributed by atoms with Gasteiger partial charge in [-0.05, 0) is 12.8 Å². The van der Waals surface area contributed by atoms with Gasteiger partial charge in [-0.2, -0.15) is 0 Å². The maximum absolute atomic E-state index is 10.2. The predicted molar refractivity (Wildman–Crippen MR) is 44.8 cm³/mol. The van der Waals surface area contributed by atoms with Crippen molar-refractivity contribution >= 4 is 11.9 Å². The summed E-state index contributed by atoms with van der Waals surface area (Å²) in [5, 5.41) is 17.7. The molecule has 7 heteroatoms. The quantitative estimate of drug-likeness (QED) is 0.184. The Hall–Kier alpha value is -0.677. The number of rotatable bonds is 5. The number of carboxylic acid groups (broad SMARTS) is 1. The Balaban J connectivity index is 0. The SMILES string of the molecule is N=C(N)NCCC[C@H](N)C(=O)O.[Ru]. The van der Waals surface area contributed by atoms with Crippen LogP contribution in [0.1, 0.15) is 12.8 Å². The maximum Gasteiger partial charge on any atom is 0.320 e. The van der Waals surface area contributed by atoms with E-state index in [9.17, 15) is 4.79 Å². The van der Waals surface area contributed by atoms with Crippen molar-refractivity contribution in [2.24, 2.45) is 11.5 Å². The Morgan fingerprint density at radius 3 is 2.54 bits per heavy atom. The molecular weight excluding hydrogens is 261 g/mol. The summed E-state index contributed by atoms with van der Waals surface area (Å²) in [6.45, 7) is 0.482. The first-order valence-corrected chi connectivity index (χ1v) is 3.60. The maximum atomic E-state index is 10.2. The molecule has 0 aliphatic heterocycles. The van der Waals surface area contributed by atoms with Crippen molar-refractivity contribution in [3.8, 4) is 0 Å². The fourth-order valence-corrected chi connectivity index (χ4v) is 0.669. The fraction of sp³-hybridized carbons (Fsp3) is 0.667. The van der Waals surface area contributed by atoms with E-state index in [4.69, 9.17) is 22.0 Å². The molecule has 0 aromatic rings. The molecule has 0 radical (unpaired) electrons. The molecule has 7 N–H and O–H groups in total. The number of guanidine groups is 1. The topological polar surface area (TPSA) is 125 Å². The van der Waals surface area contributed by atoms with E-state index in [0.29, 0.717) is 19.4 Å². The first-order valence-electron chi connectivity index (χ1n) is 3.60. The van der Waals surface area contributed by atoms with Crippen molar-refractivity contribution in [1.29, 1.82) is 5.41 Å². The van der Waals surface area contributed by atoms with Gasteiger partial charge in [0.15, 0.2) is 5.96 Å². The molecule has 0 fully saturated rings. The van der Waals surface area contributed by atoms with E-state index in [1.165, 1.54) is 0 Å². The summed E-state index contributed by atoms with van der Waals surface area (Å²) in [7, 11) is 0. The van der Waals surface area contributed by atoms with E-state index < -0.39 is 12.0 Å². The number of hydrogen-bond acceptors (Lipinski definition) is 3. The Bertz CT molecular complexity index is 176. The number of hydrogen-bond donors (Lipinski definition) is 5. The van der Waals surface area contributed by atoms with Crippen LogP contribution in [0.5, 0.6) is 0 Å². The van der Waals surface area contributed by atoms with E-state index in [1.807, 2.05) is 0 Å². The van der Waals surface area contributed by atoms with E-state index in [0.717, 1.165) is 0 Å². The molecule has 0 heterocycles. The zero-order valence-electron chi connectivity index (χ0n) is 7.06.